The highest BCUT2D eigenvalue weighted by molar-refractivity contribution is 7.92. The molecule has 0 radical (unpaired) electrons. The predicted molar refractivity (Wildman–Crippen MR) is 80.7 cm³/mol. The van der Waals surface area contributed by atoms with Crippen molar-refractivity contribution in [1.29, 1.82) is 5.26 Å². The third kappa shape index (κ3) is 2.86. The smallest absolute Gasteiger partial charge is 0.262 e. The second-order valence-corrected chi connectivity index (χ2v) is 6.64. The zero-order valence-electron chi connectivity index (χ0n) is 11.6. The highest BCUT2D eigenvalue weighted by Gasteiger charge is 2.25. The minimum absolute atomic E-state index is 0.00820. The highest BCUT2D eigenvalue weighted by Crippen LogP contribution is 2.33. The number of rotatable bonds is 3. The highest BCUT2D eigenvalue weighted by atomic mass is 32.2. The van der Waals surface area contributed by atoms with Gasteiger partial charge in [0.25, 0.3) is 10.0 Å². The molecule has 2 N–H and O–H groups in total. The van der Waals surface area contributed by atoms with Gasteiger partial charge in [-0.3, -0.25) is 9.52 Å². The van der Waals surface area contributed by atoms with Gasteiger partial charge < -0.3 is 5.32 Å². The lowest BCUT2D eigenvalue weighted by atomic mass is 10.1. The van der Waals surface area contributed by atoms with E-state index >= 15 is 0 Å². The van der Waals surface area contributed by atoms with E-state index in [4.69, 9.17) is 5.26 Å². The van der Waals surface area contributed by atoms with Gasteiger partial charge in [0.15, 0.2) is 0 Å². The summed E-state index contributed by atoms with van der Waals surface area (Å²) in [5.41, 5.74) is 0.772. The maximum absolute atomic E-state index is 13.6. The molecule has 0 saturated carbocycles. The topological polar surface area (TPSA) is 99.1 Å². The molecule has 0 unspecified atom stereocenters. The second kappa shape index (κ2) is 5.37. The van der Waals surface area contributed by atoms with Crippen molar-refractivity contribution < 1.29 is 17.6 Å². The molecule has 23 heavy (non-hydrogen) atoms. The van der Waals surface area contributed by atoms with E-state index in [0.29, 0.717) is 5.56 Å². The Hall–Kier alpha value is -2.92. The average Bonchev–Trinajstić information content (AvgIpc) is 2.87. The van der Waals surface area contributed by atoms with Gasteiger partial charge in [-0.1, -0.05) is 6.07 Å². The summed E-state index contributed by atoms with van der Waals surface area (Å²) in [4.78, 5) is 11.3. The normalized spacial score (nSPS) is 13.1. The maximum Gasteiger partial charge on any atom is 0.262 e. The molecule has 8 heteroatoms. The summed E-state index contributed by atoms with van der Waals surface area (Å²) in [6, 6.07) is 9.46. The summed E-state index contributed by atoms with van der Waals surface area (Å²) in [5, 5.41) is 11.4. The van der Waals surface area contributed by atoms with Crippen LogP contribution in [-0.2, 0) is 21.2 Å². The largest absolute Gasteiger partial charge is 0.324 e. The molecule has 2 aromatic carbocycles. The number of benzene rings is 2. The number of carbonyl (C=O) groups is 1. The number of sulfonamides is 1. The SMILES string of the molecule is N#Cc1cccc(S(=O)(=O)Nc2cc(F)cc3c2NC(=O)C3)c1. The fourth-order valence-electron chi connectivity index (χ4n) is 2.32. The van der Waals surface area contributed by atoms with E-state index in [1.165, 1.54) is 30.3 Å². The molecule has 1 aliphatic rings. The Labute approximate surface area is 131 Å². The van der Waals surface area contributed by atoms with Crippen LogP contribution >= 0.6 is 0 Å². The summed E-state index contributed by atoms with van der Waals surface area (Å²) in [6.07, 6.45) is -0.00820. The van der Waals surface area contributed by atoms with E-state index in [9.17, 15) is 17.6 Å². The fourth-order valence-corrected chi connectivity index (χ4v) is 3.43. The molecule has 2 aromatic rings. The number of nitrogens with zero attached hydrogens (tertiary/aromatic N) is 1. The van der Waals surface area contributed by atoms with E-state index in [2.05, 4.69) is 10.0 Å². The number of hydrogen-bond donors (Lipinski definition) is 2. The molecule has 1 aliphatic heterocycles. The molecular formula is C15H10FN3O3S. The third-order valence-corrected chi connectivity index (χ3v) is 4.68. The number of fused-ring (bicyclic) bond motifs is 1. The molecule has 0 aliphatic carbocycles. The Morgan fingerprint density at radius 3 is 2.78 bits per heavy atom. The van der Waals surface area contributed by atoms with Crippen LogP contribution in [0.15, 0.2) is 41.3 Å². The number of nitrogens with one attached hydrogen (secondary N) is 2. The first-order chi connectivity index (χ1) is 10.9. The summed E-state index contributed by atoms with van der Waals surface area (Å²) < 4.78 is 40.7. The summed E-state index contributed by atoms with van der Waals surface area (Å²) in [6.45, 7) is 0. The number of carbonyl (C=O) groups excluding carboxylic acids is 1. The number of halogens is 1. The Balaban J connectivity index is 2.02. The van der Waals surface area contributed by atoms with Gasteiger partial charge in [0, 0.05) is 6.07 Å². The third-order valence-electron chi connectivity index (χ3n) is 3.32. The van der Waals surface area contributed by atoms with Gasteiger partial charge in [-0.2, -0.15) is 5.26 Å². The van der Waals surface area contributed by atoms with Gasteiger partial charge in [-0.15, -0.1) is 0 Å². The Kier molecular flexibility index (Phi) is 3.50. The van der Waals surface area contributed by atoms with E-state index in [1.807, 2.05) is 6.07 Å². The standard InChI is InChI=1S/C15H10FN3O3S/c16-11-5-10-6-14(20)18-15(10)13(7-11)19-23(21,22)12-3-1-2-9(4-12)8-17/h1-5,7,19H,6H2,(H,18,20). The molecule has 1 amide bonds. The molecular weight excluding hydrogens is 321 g/mol. The van der Waals surface area contributed by atoms with Crippen molar-refractivity contribution in [3.05, 3.63) is 53.3 Å². The molecule has 0 fully saturated rings. The first kappa shape index (κ1) is 15.0. The van der Waals surface area contributed by atoms with Crippen molar-refractivity contribution in [2.45, 2.75) is 11.3 Å². The molecule has 3 rings (SSSR count). The predicted octanol–water partition coefficient (Wildman–Crippen LogP) is 1.99. The monoisotopic (exact) mass is 331 g/mol. The average molecular weight is 331 g/mol. The van der Waals surface area contributed by atoms with Crippen LogP contribution in [0.25, 0.3) is 0 Å². The van der Waals surface area contributed by atoms with E-state index < -0.39 is 15.8 Å². The van der Waals surface area contributed by atoms with Crippen molar-refractivity contribution in [3.63, 3.8) is 0 Å². The number of anilines is 2. The lowest BCUT2D eigenvalue weighted by Crippen LogP contribution is -2.15. The molecule has 6 nitrogen and oxygen atoms in total. The van der Waals surface area contributed by atoms with Gasteiger partial charge in [0.2, 0.25) is 5.91 Å². The number of amides is 1. The number of nitriles is 1. The van der Waals surface area contributed by atoms with Crippen LogP contribution in [0, 0.1) is 17.1 Å². The van der Waals surface area contributed by atoms with Crippen LogP contribution in [0.4, 0.5) is 15.8 Å². The minimum atomic E-state index is -4.02. The zero-order valence-corrected chi connectivity index (χ0v) is 12.4. The fraction of sp³-hybridized carbons (Fsp3) is 0.0667. The molecule has 0 atom stereocenters. The van der Waals surface area contributed by atoms with Gasteiger partial charge in [0.05, 0.1) is 34.3 Å². The lowest BCUT2D eigenvalue weighted by Gasteiger charge is -2.12. The van der Waals surface area contributed by atoms with Crippen LogP contribution in [0.1, 0.15) is 11.1 Å². The van der Waals surface area contributed by atoms with Crippen molar-refractivity contribution in [2.75, 3.05) is 10.0 Å². The van der Waals surface area contributed by atoms with Crippen LogP contribution < -0.4 is 10.0 Å². The van der Waals surface area contributed by atoms with Crippen molar-refractivity contribution in [1.82, 2.24) is 0 Å². The summed E-state index contributed by atoms with van der Waals surface area (Å²) >= 11 is 0. The van der Waals surface area contributed by atoms with Crippen molar-refractivity contribution in [3.8, 4) is 6.07 Å². The van der Waals surface area contributed by atoms with Crippen LogP contribution in [0.2, 0.25) is 0 Å². The Morgan fingerprint density at radius 1 is 1.26 bits per heavy atom. The van der Waals surface area contributed by atoms with Crippen LogP contribution in [0.3, 0.4) is 0 Å². The van der Waals surface area contributed by atoms with Crippen molar-refractivity contribution in [2.24, 2.45) is 0 Å². The molecule has 1 heterocycles. The van der Waals surface area contributed by atoms with E-state index in [0.717, 1.165) is 6.07 Å². The summed E-state index contributed by atoms with van der Waals surface area (Å²) in [5.74, 6) is -0.985. The lowest BCUT2D eigenvalue weighted by molar-refractivity contribution is -0.115. The van der Waals surface area contributed by atoms with Crippen molar-refractivity contribution >= 4 is 27.3 Å². The van der Waals surface area contributed by atoms with Gasteiger partial charge in [-0.05, 0) is 29.8 Å². The minimum Gasteiger partial charge on any atom is -0.324 e. The van der Waals surface area contributed by atoms with Crippen LogP contribution in [-0.4, -0.2) is 14.3 Å². The molecule has 0 spiro atoms. The maximum atomic E-state index is 13.6. The van der Waals surface area contributed by atoms with Gasteiger partial charge in [-0.25, -0.2) is 12.8 Å². The second-order valence-electron chi connectivity index (χ2n) is 4.96. The Morgan fingerprint density at radius 2 is 2.04 bits per heavy atom. The van der Waals surface area contributed by atoms with E-state index in [1.54, 1.807) is 0 Å². The first-order valence-corrected chi connectivity index (χ1v) is 8.02. The number of hydrogen-bond acceptors (Lipinski definition) is 4. The first-order valence-electron chi connectivity index (χ1n) is 6.54. The summed E-state index contributed by atoms with van der Waals surface area (Å²) in [7, 11) is -4.02. The molecule has 116 valence electrons. The van der Waals surface area contributed by atoms with Gasteiger partial charge in [0.1, 0.15) is 5.82 Å². The molecule has 0 bridgehead atoms. The van der Waals surface area contributed by atoms with E-state index in [-0.39, 0.29) is 34.2 Å². The quantitative estimate of drug-likeness (QED) is 0.898. The molecule has 0 saturated heterocycles. The Bertz CT molecular complexity index is 964. The zero-order chi connectivity index (χ0) is 16.6. The van der Waals surface area contributed by atoms with Gasteiger partial charge >= 0.3 is 0 Å². The molecule has 0 aromatic heterocycles. The van der Waals surface area contributed by atoms with Crippen LogP contribution in [0.5, 0.6) is 0 Å².